The Morgan fingerprint density at radius 2 is 1.78 bits per heavy atom. The lowest BCUT2D eigenvalue weighted by Gasteiger charge is -2.27. The lowest BCUT2D eigenvalue weighted by molar-refractivity contribution is -0.137. The van der Waals surface area contributed by atoms with Gasteiger partial charge in [-0.1, -0.05) is 12.1 Å². The third-order valence-corrected chi connectivity index (χ3v) is 6.65. The van der Waals surface area contributed by atoms with Crippen molar-refractivity contribution in [2.24, 2.45) is 0 Å². The predicted octanol–water partition coefficient (Wildman–Crippen LogP) is 3.17. The van der Waals surface area contributed by atoms with Crippen LogP contribution in [0.3, 0.4) is 0 Å². The van der Waals surface area contributed by atoms with E-state index in [1.807, 2.05) is 30.6 Å². The van der Waals surface area contributed by atoms with Crippen LogP contribution in [-0.2, 0) is 29.1 Å². The molecule has 1 aromatic heterocycles. The van der Waals surface area contributed by atoms with E-state index in [4.69, 9.17) is 9.84 Å². The Bertz CT molecular complexity index is 1010. The molecule has 0 bridgehead atoms. The zero-order valence-electron chi connectivity index (χ0n) is 21.0. The van der Waals surface area contributed by atoms with Gasteiger partial charge in [0.1, 0.15) is 5.75 Å². The van der Waals surface area contributed by atoms with E-state index in [1.54, 1.807) is 0 Å². The minimum absolute atomic E-state index is 0.00963. The number of rotatable bonds is 6. The molecule has 0 unspecified atom stereocenters. The van der Waals surface area contributed by atoms with Gasteiger partial charge in [0, 0.05) is 62.7 Å². The number of carbonyl (C=O) groups excluding carboxylic acids is 1. The van der Waals surface area contributed by atoms with Gasteiger partial charge in [0.25, 0.3) is 0 Å². The van der Waals surface area contributed by atoms with E-state index in [2.05, 4.69) is 25.1 Å². The topological polar surface area (TPSA) is 108 Å². The number of ether oxygens (including phenoxy) is 1. The molecule has 9 heteroatoms. The van der Waals surface area contributed by atoms with Crippen LogP contribution in [-0.4, -0.2) is 64.6 Å². The summed E-state index contributed by atoms with van der Waals surface area (Å²) in [5, 5.41) is 12.1. The summed E-state index contributed by atoms with van der Waals surface area (Å²) >= 11 is 0. The monoisotopic (exact) mass is 495 g/mol. The van der Waals surface area contributed by atoms with Crippen molar-refractivity contribution >= 4 is 17.8 Å². The van der Waals surface area contributed by atoms with Gasteiger partial charge in [0.15, 0.2) is 0 Å². The van der Waals surface area contributed by atoms with Crippen LogP contribution in [0.25, 0.3) is 0 Å². The van der Waals surface area contributed by atoms with Crippen molar-refractivity contribution in [1.82, 2.24) is 20.2 Å². The summed E-state index contributed by atoms with van der Waals surface area (Å²) in [5.74, 6) is 0.726. The quantitative estimate of drug-likeness (QED) is 0.629. The third-order valence-electron chi connectivity index (χ3n) is 6.65. The number of hydrogen-bond donors (Lipinski definition) is 2. The zero-order chi connectivity index (χ0) is 25.2. The number of aromatic nitrogens is 2. The van der Waals surface area contributed by atoms with Crippen LogP contribution in [0.5, 0.6) is 5.75 Å². The van der Waals surface area contributed by atoms with Gasteiger partial charge < -0.3 is 20.1 Å². The van der Waals surface area contributed by atoms with Crippen molar-refractivity contribution in [3.63, 3.8) is 0 Å². The third kappa shape index (κ3) is 7.91. The largest absolute Gasteiger partial charge is 0.493 e. The number of carbonyl (C=O) groups is 2. The van der Waals surface area contributed by atoms with Crippen LogP contribution in [0.2, 0.25) is 0 Å². The molecule has 1 saturated heterocycles. The predicted molar refractivity (Wildman–Crippen MR) is 137 cm³/mol. The number of hydrogen-bond acceptors (Lipinski definition) is 7. The molecule has 0 aliphatic carbocycles. The average Bonchev–Trinajstić information content (AvgIpc) is 2.89. The van der Waals surface area contributed by atoms with Gasteiger partial charge in [-0.3, -0.25) is 14.5 Å². The number of piperidine rings is 1. The minimum Gasteiger partial charge on any atom is -0.493 e. The number of nitrogens with zero attached hydrogens (tertiary/aromatic N) is 4. The number of anilines is 1. The Kier molecular flexibility index (Phi) is 9.49. The second kappa shape index (κ2) is 13.2. The van der Waals surface area contributed by atoms with Crippen LogP contribution in [0.4, 0.5) is 5.95 Å². The molecule has 4 rings (SSSR count). The highest BCUT2D eigenvalue weighted by Crippen LogP contribution is 2.25. The molecule has 0 radical (unpaired) electrons. The maximum Gasteiger partial charge on any atom is 0.303 e. The van der Waals surface area contributed by atoms with Gasteiger partial charge in [0.05, 0.1) is 13.2 Å². The van der Waals surface area contributed by atoms with Crippen molar-refractivity contribution < 1.29 is 19.4 Å². The van der Waals surface area contributed by atoms with Gasteiger partial charge in [-0.25, -0.2) is 9.97 Å². The van der Waals surface area contributed by atoms with Crippen molar-refractivity contribution in [2.75, 3.05) is 37.7 Å². The number of aryl methyl sites for hydroxylation is 1. The molecule has 1 amide bonds. The lowest BCUT2D eigenvalue weighted by atomic mass is 10.0. The number of nitrogens with one attached hydrogen (secondary N) is 1. The first-order valence-electron chi connectivity index (χ1n) is 13.1. The number of carboxylic acid groups (broad SMARTS) is 1. The maximum atomic E-state index is 12.7. The van der Waals surface area contributed by atoms with Crippen molar-refractivity contribution in [1.29, 1.82) is 0 Å². The maximum absolute atomic E-state index is 12.7. The van der Waals surface area contributed by atoms with Crippen LogP contribution >= 0.6 is 0 Å². The van der Waals surface area contributed by atoms with Crippen molar-refractivity contribution in [3.8, 4) is 5.75 Å². The Hall–Kier alpha value is -3.20. The highest BCUT2D eigenvalue weighted by atomic mass is 16.5. The number of fused-ring (bicyclic) bond motifs is 1. The molecule has 1 aromatic carbocycles. The van der Waals surface area contributed by atoms with E-state index in [9.17, 15) is 9.59 Å². The van der Waals surface area contributed by atoms with E-state index in [-0.39, 0.29) is 18.9 Å². The lowest BCUT2D eigenvalue weighted by Crippen LogP contribution is -2.37. The van der Waals surface area contributed by atoms with Gasteiger partial charge in [0.2, 0.25) is 11.9 Å². The Labute approximate surface area is 212 Å². The molecule has 194 valence electrons. The summed E-state index contributed by atoms with van der Waals surface area (Å²) in [4.78, 5) is 37.3. The van der Waals surface area contributed by atoms with E-state index >= 15 is 0 Å². The SMILES string of the molecule is O=C(O)CCc1ccc2c(c1)CN(Cc1cnc(N3CCCCC3)nc1)CC(=O)NCCCCCO2. The first-order valence-corrected chi connectivity index (χ1v) is 13.1. The smallest absolute Gasteiger partial charge is 0.303 e. The molecular weight excluding hydrogens is 458 g/mol. The zero-order valence-corrected chi connectivity index (χ0v) is 21.0. The molecule has 0 saturated carbocycles. The van der Waals surface area contributed by atoms with Gasteiger partial charge >= 0.3 is 5.97 Å². The summed E-state index contributed by atoms with van der Waals surface area (Å²) in [6.45, 7) is 4.52. The molecule has 0 atom stereocenters. The summed E-state index contributed by atoms with van der Waals surface area (Å²) in [6.07, 6.45) is 10.7. The fourth-order valence-electron chi connectivity index (χ4n) is 4.73. The van der Waals surface area contributed by atoms with Crippen LogP contribution in [0.1, 0.15) is 61.6 Å². The highest BCUT2D eigenvalue weighted by molar-refractivity contribution is 5.78. The second-order valence-corrected chi connectivity index (χ2v) is 9.68. The molecule has 2 aliphatic rings. The minimum atomic E-state index is -0.818. The first kappa shape index (κ1) is 25.9. The number of aliphatic carboxylic acids is 1. The summed E-state index contributed by atoms with van der Waals surface area (Å²) in [5.41, 5.74) is 2.84. The van der Waals surface area contributed by atoms with Crippen molar-refractivity contribution in [3.05, 3.63) is 47.3 Å². The summed E-state index contributed by atoms with van der Waals surface area (Å²) in [7, 11) is 0. The fourth-order valence-corrected chi connectivity index (χ4v) is 4.73. The second-order valence-electron chi connectivity index (χ2n) is 9.68. The molecule has 2 aliphatic heterocycles. The van der Waals surface area contributed by atoms with E-state index in [0.29, 0.717) is 32.7 Å². The van der Waals surface area contributed by atoms with Crippen LogP contribution < -0.4 is 15.0 Å². The standard InChI is InChI=1S/C27H37N5O4/c33-25-20-31(18-22-16-29-27(30-17-22)32-12-4-2-5-13-32)19-23-15-21(8-10-26(34)35)7-9-24(23)36-14-6-1-3-11-28-25/h7,9,15-17H,1-6,8,10-14,18-20H2,(H,28,33)(H,34,35). The number of benzene rings is 1. The van der Waals surface area contributed by atoms with Crippen LogP contribution in [0, 0.1) is 0 Å². The summed E-state index contributed by atoms with van der Waals surface area (Å²) in [6, 6.07) is 5.88. The molecule has 2 N–H and O–H groups in total. The van der Waals surface area contributed by atoms with Gasteiger partial charge in [-0.15, -0.1) is 0 Å². The molecule has 1 fully saturated rings. The molecule has 2 aromatic rings. The van der Waals surface area contributed by atoms with E-state index in [0.717, 1.165) is 60.7 Å². The normalized spacial score (nSPS) is 18.1. The van der Waals surface area contributed by atoms with E-state index in [1.165, 1.54) is 19.3 Å². The first-order chi connectivity index (χ1) is 17.6. The van der Waals surface area contributed by atoms with Gasteiger partial charge in [-0.05, 0) is 56.6 Å². The molecule has 36 heavy (non-hydrogen) atoms. The Morgan fingerprint density at radius 1 is 1.00 bits per heavy atom. The molecule has 0 spiro atoms. The Balaban J connectivity index is 1.53. The van der Waals surface area contributed by atoms with E-state index < -0.39 is 5.97 Å². The number of amides is 1. The molecule has 3 heterocycles. The van der Waals surface area contributed by atoms with Crippen molar-refractivity contribution in [2.45, 2.75) is 64.5 Å². The Morgan fingerprint density at radius 3 is 2.56 bits per heavy atom. The molecule has 9 nitrogen and oxygen atoms in total. The average molecular weight is 496 g/mol. The highest BCUT2D eigenvalue weighted by Gasteiger charge is 2.18. The molecular formula is C27H37N5O4. The fraction of sp³-hybridized carbons (Fsp3) is 0.556. The van der Waals surface area contributed by atoms with Gasteiger partial charge in [-0.2, -0.15) is 0 Å². The number of carboxylic acids is 1. The summed E-state index contributed by atoms with van der Waals surface area (Å²) < 4.78 is 6.11. The van der Waals surface area contributed by atoms with Crippen LogP contribution in [0.15, 0.2) is 30.6 Å².